The molecule has 2 aromatic rings. The molecule has 0 aliphatic heterocycles. The predicted octanol–water partition coefficient (Wildman–Crippen LogP) is 4.76. The molecule has 0 nitrogen and oxygen atoms in total. The number of rotatable bonds is 4. The number of hydrogen-bond acceptors (Lipinski definition) is 1. The van der Waals surface area contributed by atoms with Crippen molar-refractivity contribution in [1.29, 1.82) is 0 Å². The van der Waals surface area contributed by atoms with E-state index in [1.165, 1.54) is 35.3 Å². The van der Waals surface area contributed by atoms with Crippen molar-refractivity contribution in [2.75, 3.05) is 0 Å². The van der Waals surface area contributed by atoms with Gasteiger partial charge in [0.15, 0.2) is 0 Å². The van der Waals surface area contributed by atoms with Gasteiger partial charge in [0.25, 0.3) is 0 Å². The summed E-state index contributed by atoms with van der Waals surface area (Å²) in [6.07, 6.45) is 3.74. The Balaban J connectivity index is 2.30. The van der Waals surface area contributed by atoms with Gasteiger partial charge in [-0.25, -0.2) is 0 Å². The Morgan fingerprint density at radius 1 is 1.07 bits per heavy atom. The molecular weight excluding hydrogens is 200 g/mol. The second kappa shape index (κ2) is 5.13. The van der Waals surface area contributed by atoms with Gasteiger partial charge in [-0.15, -0.1) is 11.3 Å². The normalized spacial score (nSPS) is 10.5. The molecule has 78 valence electrons. The fraction of sp³-hybridized carbons (Fsp3) is 0.286. The van der Waals surface area contributed by atoms with Crippen LogP contribution in [0.25, 0.3) is 10.4 Å². The molecule has 0 saturated carbocycles. The van der Waals surface area contributed by atoms with Crippen LogP contribution in [-0.4, -0.2) is 0 Å². The zero-order valence-corrected chi connectivity index (χ0v) is 9.89. The van der Waals surface area contributed by atoms with Crippen molar-refractivity contribution in [2.24, 2.45) is 0 Å². The summed E-state index contributed by atoms with van der Waals surface area (Å²) in [5.41, 5.74) is 2.91. The maximum Gasteiger partial charge on any atom is 0.0345 e. The van der Waals surface area contributed by atoms with Crippen LogP contribution in [0.3, 0.4) is 0 Å². The van der Waals surface area contributed by atoms with Crippen molar-refractivity contribution < 1.29 is 0 Å². The van der Waals surface area contributed by atoms with Crippen LogP contribution < -0.4 is 0 Å². The van der Waals surface area contributed by atoms with Crippen molar-refractivity contribution >= 4 is 11.3 Å². The van der Waals surface area contributed by atoms with Gasteiger partial charge >= 0.3 is 0 Å². The van der Waals surface area contributed by atoms with E-state index in [2.05, 4.69) is 48.7 Å². The standard InChI is InChI=1S/C14H16S/c1-2-3-7-12-8-4-5-9-13(12)14-10-6-11-15-14/h4-6,8-11H,2-3,7H2,1H3. The van der Waals surface area contributed by atoms with E-state index in [9.17, 15) is 0 Å². The van der Waals surface area contributed by atoms with E-state index in [1.807, 2.05) is 11.3 Å². The molecule has 1 heterocycles. The van der Waals surface area contributed by atoms with E-state index >= 15 is 0 Å². The van der Waals surface area contributed by atoms with E-state index in [0.29, 0.717) is 0 Å². The lowest BCUT2D eigenvalue weighted by Gasteiger charge is -2.06. The summed E-state index contributed by atoms with van der Waals surface area (Å²) in [4.78, 5) is 1.39. The summed E-state index contributed by atoms with van der Waals surface area (Å²) in [6, 6.07) is 13.1. The van der Waals surface area contributed by atoms with Gasteiger partial charge in [0.05, 0.1) is 0 Å². The molecule has 0 atom stereocenters. The molecule has 0 aliphatic carbocycles. The Labute approximate surface area is 95.6 Å². The Hall–Kier alpha value is -1.08. The first-order chi connectivity index (χ1) is 7.42. The molecule has 0 spiro atoms. The molecule has 0 radical (unpaired) electrons. The third kappa shape index (κ3) is 2.48. The van der Waals surface area contributed by atoms with Gasteiger partial charge in [-0.2, -0.15) is 0 Å². The fourth-order valence-corrected chi connectivity index (χ4v) is 2.56. The maximum atomic E-state index is 2.25. The van der Waals surface area contributed by atoms with Crippen LogP contribution in [0.1, 0.15) is 25.3 Å². The molecule has 1 aromatic heterocycles. The third-order valence-electron chi connectivity index (χ3n) is 2.60. The van der Waals surface area contributed by atoms with E-state index in [-0.39, 0.29) is 0 Å². The molecule has 0 unspecified atom stereocenters. The van der Waals surface area contributed by atoms with Gasteiger partial charge in [0, 0.05) is 4.88 Å². The summed E-state index contributed by atoms with van der Waals surface area (Å²) in [5, 5.41) is 2.14. The summed E-state index contributed by atoms with van der Waals surface area (Å²) >= 11 is 1.82. The minimum atomic E-state index is 1.20. The van der Waals surface area contributed by atoms with E-state index < -0.39 is 0 Å². The zero-order chi connectivity index (χ0) is 10.5. The zero-order valence-electron chi connectivity index (χ0n) is 9.07. The highest BCUT2D eigenvalue weighted by atomic mass is 32.1. The Morgan fingerprint density at radius 2 is 1.93 bits per heavy atom. The van der Waals surface area contributed by atoms with Gasteiger partial charge in [0.1, 0.15) is 0 Å². The van der Waals surface area contributed by atoms with Gasteiger partial charge in [-0.05, 0) is 35.4 Å². The first-order valence-electron chi connectivity index (χ1n) is 5.53. The van der Waals surface area contributed by atoms with Crippen molar-refractivity contribution in [2.45, 2.75) is 26.2 Å². The van der Waals surface area contributed by atoms with E-state index in [4.69, 9.17) is 0 Å². The minimum Gasteiger partial charge on any atom is -0.144 e. The predicted molar refractivity (Wildman–Crippen MR) is 68.4 cm³/mol. The van der Waals surface area contributed by atoms with Crippen molar-refractivity contribution in [3.63, 3.8) is 0 Å². The molecule has 15 heavy (non-hydrogen) atoms. The first-order valence-corrected chi connectivity index (χ1v) is 6.41. The molecule has 1 heteroatoms. The van der Waals surface area contributed by atoms with Crippen molar-refractivity contribution in [3.05, 3.63) is 47.3 Å². The Kier molecular flexibility index (Phi) is 3.57. The average Bonchev–Trinajstić information content (AvgIpc) is 2.80. The van der Waals surface area contributed by atoms with Crippen LogP contribution >= 0.6 is 11.3 Å². The van der Waals surface area contributed by atoms with Gasteiger partial charge in [0.2, 0.25) is 0 Å². The monoisotopic (exact) mass is 216 g/mol. The average molecular weight is 216 g/mol. The second-order valence-corrected chi connectivity index (χ2v) is 4.69. The molecule has 0 amide bonds. The van der Waals surface area contributed by atoms with Crippen LogP contribution in [0.5, 0.6) is 0 Å². The van der Waals surface area contributed by atoms with Crippen molar-refractivity contribution in [1.82, 2.24) is 0 Å². The molecule has 0 fully saturated rings. The first kappa shape index (κ1) is 10.4. The summed E-state index contributed by atoms with van der Waals surface area (Å²) in [7, 11) is 0. The topological polar surface area (TPSA) is 0 Å². The van der Waals surface area contributed by atoms with Crippen LogP contribution in [0.15, 0.2) is 41.8 Å². The highest BCUT2D eigenvalue weighted by molar-refractivity contribution is 7.13. The number of aryl methyl sites for hydroxylation is 1. The van der Waals surface area contributed by atoms with E-state index in [0.717, 1.165) is 0 Å². The lowest BCUT2D eigenvalue weighted by atomic mass is 10.0. The molecule has 0 aliphatic rings. The molecule has 0 saturated heterocycles. The summed E-state index contributed by atoms with van der Waals surface area (Å²) in [5.74, 6) is 0. The third-order valence-corrected chi connectivity index (χ3v) is 3.51. The lowest BCUT2D eigenvalue weighted by Crippen LogP contribution is -1.88. The Morgan fingerprint density at radius 3 is 2.67 bits per heavy atom. The smallest absolute Gasteiger partial charge is 0.0345 e. The summed E-state index contributed by atoms with van der Waals surface area (Å²) < 4.78 is 0. The van der Waals surface area contributed by atoms with E-state index in [1.54, 1.807) is 0 Å². The molecule has 0 N–H and O–H groups in total. The molecular formula is C14H16S. The summed E-state index contributed by atoms with van der Waals surface area (Å²) in [6.45, 7) is 2.24. The minimum absolute atomic E-state index is 1.20. The maximum absolute atomic E-state index is 2.25. The number of thiophene rings is 1. The van der Waals surface area contributed by atoms with Crippen LogP contribution in [0.4, 0.5) is 0 Å². The number of hydrogen-bond donors (Lipinski definition) is 0. The Bertz CT molecular complexity index is 401. The highest BCUT2D eigenvalue weighted by Crippen LogP contribution is 2.28. The van der Waals surface area contributed by atoms with Gasteiger partial charge in [-0.3, -0.25) is 0 Å². The second-order valence-electron chi connectivity index (χ2n) is 3.74. The van der Waals surface area contributed by atoms with Crippen molar-refractivity contribution in [3.8, 4) is 10.4 Å². The van der Waals surface area contributed by atoms with Gasteiger partial charge < -0.3 is 0 Å². The molecule has 0 bridgehead atoms. The lowest BCUT2D eigenvalue weighted by molar-refractivity contribution is 0.796. The highest BCUT2D eigenvalue weighted by Gasteiger charge is 2.04. The van der Waals surface area contributed by atoms with Gasteiger partial charge in [-0.1, -0.05) is 43.7 Å². The quantitative estimate of drug-likeness (QED) is 0.691. The molecule has 1 aromatic carbocycles. The van der Waals surface area contributed by atoms with Crippen LogP contribution in [0.2, 0.25) is 0 Å². The largest absolute Gasteiger partial charge is 0.144 e. The van der Waals surface area contributed by atoms with Crippen LogP contribution in [0, 0.1) is 0 Å². The fourth-order valence-electron chi connectivity index (χ4n) is 1.78. The SMILES string of the molecule is CCCCc1ccccc1-c1cccs1. The number of benzene rings is 1. The molecule has 2 rings (SSSR count). The van der Waals surface area contributed by atoms with Crippen LogP contribution in [-0.2, 0) is 6.42 Å². The number of unbranched alkanes of at least 4 members (excludes halogenated alkanes) is 1.